The summed E-state index contributed by atoms with van der Waals surface area (Å²) in [6, 6.07) is 21.0. The average molecular weight is 441 g/mol. The maximum atomic E-state index is 5.15. The standard InChI is InChI=1S/C12H9NS.C8H7NS.2C2H6.2CH4/c14-12-7-10-5-8-3-1-2-4-9(8)6-11(10)13-12;10-8-5-6-3-1-2-4-7(6)9-8;2*1-2;;/h1-6H,7H2,(H,13,14);1-4H,5H2,(H,9,10);2*1-2H3;2*1H4. The first kappa shape index (κ1) is 27.7. The van der Waals surface area contributed by atoms with Crippen molar-refractivity contribution in [2.24, 2.45) is 0 Å². The van der Waals surface area contributed by atoms with Crippen molar-refractivity contribution in [3.8, 4) is 0 Å². The van der Waals surface area contributed by atoms with E-state index in [1.165, 1.54) is 33.3 Å². The minimum absolute atomic E-state index is 0. The molecule has 0 spiro atoms. The van der Waals surface area contributed by atoms with E-state index in [4.69, 9.17) is 24.4 Å². The second-order valence-corrected chi connectivity index (χ2v) is 6.95. The van der Waals surface area contributed by atoms with Gasteiger partial charge >= 0.3 is 0 Å². The lowest BCUT2D eigenvalue weighted by atomic mass is 10.1. The molecule has 0 bridgehead atoms. The number of anilines is 2. The van der Waals surface area contributed by atoms with Crippen molar-refractivity contribution in [3.63, 3.8) is 0 Å². The molecule has 162 valence electrons. The smallest absolute Gasteiger partial charge is 0.0842 e. The number of nitrogens with one attached hydrogen (secondary N) is 2. The Labute approximate surface area is 194 Å². The fraction of sp³-hybridized carbons (Fsp3) is 0.308. The van der Waals surface area contributed by atoms with Crippen LogP contribution in [0.5, 0.6) is 0 Å². The monoisotopic (exact) mass is 440 g/mol. The summed E-state index contributed by atoms with van der Waals surface area (Å²) in [5.74, 6) is 0. The van der Waals surface area contributed by atoms with Crippen molar-refractivity contribution in [2.75, 3.05) is 10.6 Å². The zero-order valence-electron chi connectivity index (χ0n) is 17.0. The molecule has 0 unspecified atom stereocenters. The number of hydrogen-bond acceptors (Lipinski definition) is 2. The minimum atomic E-state index is 0. The van der Waals surface area contributed by atoms with Crippen molar-refractivity contribution in [2.45, 2.75) is 55.4 Å². The van der Waals surface area contributed by atoms with E-state index in [1.807, 2.05) is 39.8 Å². The Morgan fingerprint density at radius 1 is 0.600 bits per heavy atom. The lowest BCUT2D eigenvalue weighted by Gasteiger charge is -2.02. The highest BCUT2D eigenvalue weighted by atomic mass is 32.1. The predicted molar refractivity (Wildman–Crippen MR) is 146 cm³/mol. The number of thiocarbonyl (C=S) groups is 2. The highest BCUT2D eigenvalue weighted by molar-refractivity contribution is 7.80. The molecule has 0 aliphatic carbocycles. The summed E-state index contributed by atoms with van der Waals surface area (Å²) in [6.07, 6.45) is 1.79. The molecule has 0 radical (unpaired) electrons. The summed E-state index contributed by atoms with van der Waals surface area (Å²) in [4.78, 5) is 1.86. The fourth-order valence-electron chi connectivity index (χ4n) is 3.08. The van der Waals surface area contributed by atoms with Crippen LogP contribution in [0.4, 0.5) is 11.4 Å². The molecule has 0 saturated carbocycles. The van der Waals surface area contributed by atoms with Crippen LogP contribution in [0.3, 0.4) is 0 Å². The molecular weight excluding hydrogens is 404 g/mol. The van der Waals surface area contributed by atoms with Crippen molar-refractivity contribution in [1.29, 1.82) is 0 Å². The van der Waals surface area contributed by atoms with Crippen LogP contribution < -0.4 is 10.6 Å². The minimum Gasteiger partial charge on any atom is -0.350 e. The van der Waals surface area contributed by atoms with Crippen LogP contribution in [0.1, 0.15) is 53.7 Å². The van der Waals surface area contributed by atoms with Crippen LogP contribution in [-0.2, 0) is 12.8 Å². The number of rotatable bonds is 0. The van der Waals surface area contributed by atoms with Crippen molar-refractivity contribution >= 4 is 56.6 Å². The summed E-state index contributed by atoms with van der Waals surface area (Å²) >= 11 is 10.2. The second-order valence-electron chi connectivity index (χ2n) is 5.96. The van der Waals surface area contributed by atoms with Crippen LogP contribution in [0.25, 0.3) is 10.8 Å². The molecule has 2 aliphatic rings. The van der Waals surface area contributed by atoms with Gasteiger partial charge in [0.05, 0.1) is 9.98 Å². The Hall–Kier alpha value is -2.30. The largest absolute Gasteiger partial charge is 0.350 e. The SMILES string of the molecule is C.C.CC.CC.S=C1Cc2cc3ccccc3cc2N1.S=C1Cc2ccccc2N1. The molecule has 5 rings (SSSR count). The molecule has 0 atom stereocenters. The van der Waals surface area contributed by atoms with Crippen LogP contribution >= 0.6 is 24.4 Å². The molecule has 0 aromatic heterocycles. The molecular formula is C26H36N2S2. The van der Waals surface area contributed by atoms with E-state index in [0.717, 1.165) is 22.8 Å². The molecule has 0 fully saturated rings. The fourth-order valence-corrected chi connectivity index (χ4v) is 3.61. The van der Waals surface area contributed by atoms with E-state index in [1.54, 1.807) is 0 Å². The molecule has 3 aromatic carbocycles. The summed E-state index contributed by atoms with van der Waals surface area (Å²) in [7, 11) is 0. The van der Waals surface area contributed by atoms with Gasteiger partial charge in [-0.2, -0.15) is 0 Å². The normalized spacial score (nSPS) is 11.9. The van der Waals surface area contributed by atoms with Crippen molar-refractivity contribution in [1.82, 2.24) is 0 Å². The van der Waals surface area contributed by atoms with Gasteiger partial charge in [-0.15, -0.1) is 0 Å². The Morgan fingerprint density at radius 2 is 1.07 bits per heavy atom. The molecule has 0 saturated heterocycles. The number of hydrogen-bond donors (Lipinski definition) is 2. The van der Waals surface area contributed by atoms with Crippen LogP contribution in [0, 0.1) is 0 Å². The maximum absolute atomic E-state index is 5.15. The third-order valence-corrected chi connectivity index (χ3v) is 4.73. The third kappa shape index (κ3) is 6.89. The van der Waals surface area contributed by atoms with E-state index in [-0.39, 0.29) is 14.9 Å². The second kappa shape index (κ2) is 13.8. The molecule has 2 N–H and O–H groups in total. The molecule has 2 heterocycles. The zero-order chi connectivity index (χ0) is 20.5. The maximum Gasteiger partial charge on any atom is 0.0842 e. The summed E-state index contributed by atoms with van der Waals surface area (Å²) in [5.41, 5.74) is 4.97. The highest BCUT2D eigenvalue weighted by Crippen LogP contribution is 2.28. The number of benzene rings is 3. The average Bonchev–Trinajstić information content (AvgIpc) is 3.29. The lowest BCUT2D eigenvalue weighted by molar-refractivity contribution is 1.43. The third-order valence-electron chi connectivity index (χ3n) is 4.24. The van der Waals surface area contributed by atoms with E-state index < -0.39 is 0 Å². The zero-order valence-corrected chi connectivity index (χ0v) is 18.6. The van der Waals surface area contributed by atoms with Gasteiger partial charge in [0.25, 0.3) is 0 Å². The van der Waals surface area contributed by atoms with E-state index in [0.29, 0.717) is 0 Å². The molecule has 4 heteroatoms. The first-order valence-corrected chi connectivity index (χ1v) is 10.7. The first-order chi connectivity index (χ1) is 13.7. The van der Waals surface area contributed by atoms with Gasteiger partial charge in [-0.3, -0.25) is 0 Å². The molecule has 30 heavy (non-hydrogen) atoms. The molecule has 3 aromatic rings. The Morgan fingerprint density at radius 3 is 1.67 bits per heavy atom. The van der Waals surface area contributed by atoms with Crippen molar-refractivity contribution in [3.05, 3.63) is 71.8 Å². The Kier molecular flexibility index (Phi) is 12.8. The Balaban J connectivity index is 0.000000470. The summed E-state index contributed by atoms with van der Waals surface area (Å²) in [6.45, 7) is 8.00. The molecule has 2 nitrogen and oxygen atoms in total. The van der Waals surface area contributed by atoms with Gasteiger partial charge in [0.15, 0.2) is 0 Å². The highest BCUT2D eigenvalue weighted by Gasteiger charge is 2.14. The quantitative estimate of drug-likeness (QED) is 0.342. The van der Waals surface area contributed by atoms with Gasteiger partial charge in [0.1, 0.15) is 0 Å². The van der Waals surface area contributed by atoms with Crippen molar-refractivity contribution < 1.29 is 0 Å². The first-order valence-electron chi connectivity index (χ1n) is 9.88. The lowest BCUT2D eigenvalue weighted by Crippen LogP contribution is -2.00. The number of fused-ring (bicyclic) bond motifs is 3. The van der Waals surface area contributed by atoms with Gasteiger partial charge in [-0.1, -0.05) is 109 Å². The van der Waals surface area contributed by atoms with E-state index in [9.17, 15) is 0 Å². The summed E-state index contributed by atoms with van der Waals surface area (Å²) < 4.78 is 0. The van der Waals surface area contributed by atoms with Crippen LogP contribution in [0.2, 0.25) is 0 Å². The van der Waals surface area contributed by atoms with Crippen LogP contribution in [0.15, 0.2) is 60.7 Å². The predicted octanol–water partition coefficient (Wildman–Crippen LogP) is 8.44. The molecule has 0 amide bonds. The van der Waals surface area contributed by atoms with Gasteiger partial charge in [0, 0.05) is 24.2 Å². The van der Waals surface area contributed by atoms with Gasteiger partial charge in [-0.05, 0) is 40.1 Å². The van der Waals surface area contributed by atoms with Gasteiger partial charge < -0.3 is 10.6 Å². The van der Waals surface area contributed by atoms with E-state index in [2.05, 4.69) is 59.2 Å². The topological polar surface area (TPSA) is 24.1 Å². The van der Waals surface area contributed by atoms with Crippen LogP contribution in [-0.4, -0.2) is 9.98 Å². The Bertz CT molecular complexity index is 891. The van der Waals surface area contributed by atoms with Gasteiger partial charge in [-0.25, -0.2) is 0 Å². The molecule has 2 aliphatic heterocycles. The summed E-state index contributed by atoms with van der Waals surface area (Å²) in [5, 5.41) is 8.91. The van der Waals surface area contributed by atoms with Gasteiger partial charge in [0.2, 0.25) is 0 Å². The number of para-hydroxylation sites is 1. The van der Waals surface area contributed by atoms with E-state index >= 15 is 0 Å².